The molecule has 2 heterocycles. The molecule has 0 amide bonds. The Morgan fingerprint density at radius 2 is 1.83 bits per heavy atom. The Balaban J connectivity index is 0.00000240. The van der Waals surface area contributed by atoms with E-state index in [2.05, 4.69) is 31.9 Å². The van der Waals surface area contributed by atoms with Crippen LogP contribution in [0.5, 0.6) is 5.75 Å². The van der Waals surface area contributed by atoms with E-state index < -0.39 is 0 Å². The lowest BCUT2D eigenvalue weighted by Crippen LogP contribution is -2.36. The van der Waals surface area contributed by atoms with Gasteiger partial charge >= 0.3 is 0 Å². The number of pyridine rings is 1. The molecule has 0 radical (unpaired) electrons. The van der Waals surface area contributed by atoms with Crippen LogP contribution in [0.2, 0.25) is 0 Å². The fraction of sp³-hybridized carbons (Fsp3) is 0.381. The molecular weight excluding hydrogens is 479 g/mol. The minimum atomic E-state index is 0. The highest BCUT2D eigenvalue weighted by atomic mass is 127. The lowest BCUT2D eigenvalue weighted by molar-refractivity contribution is 0.208. The van der Waals surface area contributed by atoms with Crippen molar-refractivity contribution in [2.45, 2.75) is 44.9 Å². The summed E-state index contributed by atoms with van der Waals surface area (Å²) in [4.78, 5) is 4.31. The molecule has 4 rings (SSSR count). The van der Waals surface area contributed by atoms with Crippen molar-refractivity contribution in [3.8, 4) is 5.75 Å². The molecule has 2 aromatic heterocycles. The summed E-state index contributed by atoms with van der Waals surface area (Å²) in [5.41, 5.74) is 1.96. The topological polar surface area (TPSA) is 75.8 Å². The Labute approximate surface area is 188 Å². The van der Waals surface area contributed by atoms with E-state index in [9.17, 15) is 0 Å². The predicted octanol–water partition coefficient (Wildman–Crippen LogP) is 3.53. The SMILES string of the molecule is CN=C(NCc1ccccc1OC1CCCC1)NCc1nnc2ccccn12.I. The fourth-order valence-corrected chi connectivity index (χ4v) is 3.52. The molecule has 1 fully saturated rings. The Kier molecular flexibility index (Phi) is 7.68. The van der Waals surface area contributed by atoms with Crippen LogP contribution >= 0.6 is 24.0 Å². The highest BCUT2D eigenvalue weighted by Gasteiger charge is 2.17. The van der Waals surface area contributed by atoms with Crippen LogP contribution < -0.4 is 15.4 Å². The molecule has 2 N–H and O–H groups in total. The molecule has 7 nitrogen and oxygen atoms in total. The average Bonchev–Trinajstić information content (AvgIpc) is 3.39. The zero-order valence-electron chi connectivity index (χ0n) is 16.5. The van der Waals surface area contributed by atoms with Gasteiger partial charge in [-0.3, -0.25) is 9.39 Å². The second-order valence-electron chi connectivity index (χ2n) is 6.96. The van der Waals surface area contributed by atoms with Gasteiger partial charge in [0.15, 0.2) is 17.4 Å². The molecule has 1 aliphatic carbocycles. The molecule has 0 unspecified atom stereocenters. The van der Waals surface area contributed by atoms with Gasteiger partial charge < -0.3 is 15.4 Å². The number of hydrogen-bond donors (Lipinski definition) is 2. The number of para-hydroxylation sites is 1. The van der Waals surface area contributed by atoms with Crippen LogP contribution in [0.15, 0.2) is 53.7 Å². The highest BCUT2D eigenvalue weighted by Crippen LogP contribution is 2.26. The summed E-state index contributed by atoms with van der Waals surface area (Å²) in [5.74, 6) is 2.51. The summed E-state index contributed by atoms with van der Waals surface area (Å²) in [6, 6.07) is 14.1. The number of nitrogens with one attached hydrogen (secondary N) is 2. The molecular formula is C21H27IN6O. The van der Waals surface area contributed by atoms with Crippen LogP contribution in [0.25, 0.3) is 5.65 Å². The Morgan fingerprint density at radius 1 is 1.07 bits per heavy atom. The van der Waals surface area contributed by atoms with E-state index in [0.29, 0.717) is 25.2 Å². The molecule has 0 spiro atoms. The van der Waals surface area contributed by atoms with E-state index in [4.69, 9.17) is 4.74 Å². The van der Waals surface area contributed by atoms with Crippen molar-refractivity contribution in [3.63, 3.8) is 0 Å². The third-order valence-corrected chi connectivity index (χ3v) is 5.04. The molecule has 0 aliphatic heterocycles. The number of rotatable bonds is 6. The second-order valence-corrected chi connectivity index (χ2v) is 6.96. The van der Waals surface area contributed by atoms with Crippen LogP contribution in [-0.4, -0.2) is 33.7 Å². The Bertz CT molecular complexity index is 951. The van der Waals surface area contributed by atoms with Crippen molar-refractivity contribution in [3.05, 3.63) is 60.0 Å². The first kappa shape index (κ1) is 21.4. The highest BCUT2D eigenvalue weighted by molar-refractivity contribution is 14.0. The second kappa shape index (κ2) is 10.4. The van der Waals surface area contributed by atoms with E-state index in [1.807, 2.05) is 47.0 Å². The molecule has 1 aromatic carbocycles. The first-order valence-electron chi connectivity index (χ1n) is 9.81. The molecule has 0 atom stereocenters. The number of ether oxygens (including phenoxy) is 1. The summed E-state index contributed by atoms with van der Waals surface area (Å²) < 4.78 is 8.18. The van der Waals surface area contributed by atoms with Crippen LogP contribution in [0.3, 0.4) is 0 Å². The smallest absolute Gasteiger partial charge is 0.191 e. The zero-order valence-corrected chi connectivity index (χ0v) is 18.9. The van der Waals surface area contributed by atoms with Crippen LogP contribution in [0.1, 0.15) is 37.1 Å². The number of nitrogens with zero attached hydrogens (tertiary/aromatic N) is 4. The fourth-order valence-electron chi connectivity index (χ4n) is 3.52. The lowest BCUT2D eigenvalue weighted by Gasteiger charge is -2.17. The van der Waals surface area contributed by atoms with E-state index in [0.717, 1.165) is 35.6 Å². The van der Waals surface area contributed by atoms with Gasteiger partial charge in [0.25, 0.3) is 0 Å². The quantitative estimate of drug-likeness (QED) is 0.304. The van der Waals surface area contributed by atoms with E-state index in [-0.39, 0.29) is 24.0 Å². The monoisotopic (exact) mass is 506 g/mol. The van der Waals surface area contributed by atoms with Gasteiger partial charge in [-0.15, -0.1) is 34.2 Å². The summed E-state index contributed by atoms with van der Waals surface area (Å²) in [7, 11) is 1.76. The van der Waals surface area contributed by atoms with Crippen LogP contribution in [0.4, 0.5) is 0 Å². The molecule has 1 aliphatic rings. The van der Waals surface area contributed by atoms with E-state index >= 15 is 0 Å². The van der Waals surface area contributed by atoms with Gasteiger partial charge in [-0.2, -0.15) is 0 Å². The lowest BCUT2D eigenvalue weighted by atomic mass is 10.2. The zero-order chi connectivity index (χ0) is 19.2. The van der Waals surface area contributed by atoms with Gasteiger partial charge in [0.05, 0.1) is 12.6 Å². The molecule has 0 bridgehead atoms. The predicted molar refractivity (Wildman–Crippen MR) is 125 cm³/mol. The standard InChI is InChI=1S/C21H26N6O.HI/c1-22-21(24-15-20-26-25-19-12-6-7-13-27(19)20)23-14-16-8-2-5-11-18(16)28-17-9-3-4-10-17;/h2,5-8,11-13,17H,3-4,9-10,14-15H2,1H3,(H2,22,23,24);1H. The summed E-state index contributed by atoms with van der Waals surface area (Å²) >= 11 is 0. The first-order chi connectivity index (χ1) is 13.8. The van der Waals surface area contributed by atoms with Crippen molar-refractivity contribution >= 4 is 35.6 Å². The van der Waals surface area contributed by atoms with Gasteiger partial charge in [-0.25, -0.2) is 0 Å². The number of halogens is 1. The van der Waals surface area contributed by atoms with E-state index in [1.54, 1.807) is 7.05 Å². The van der Waals surface area contributed by atoms with Gasteiger partial charge in [0.1, 0.15) is 5.75 Å². The number of hydrogen-bond acceptors (Lipinski definition) is 4. The van der Waals surface area contributed by atoms with Crippen LogP contribution in [-0.2, 0) is 13.1 Å². The van der Waals surface area contributed by atoms with E-state index in [1.165, 1.54) is 12.8 Å². The first-order valence-corrected chi connectivity index (χ1v) is 9.81. The number of guanidine groups is 1. The number of fused-ring (bicyclic) bond motifs is 1. The maximum atomic E-state index is 6.22. The average molecular weight is 506 g/mol. The van der Waals surface area contributed by atoms with Crippen molar-refractivity contribution in [2.75, 3.05) is 7.05 Å². The van der Waals surface area contributed by atoms with Crippen molar-refractivity contribution < 1.29 is 4.74 Å². The Hall–Kier alpha value is -2.36. The number of aliphatic imine (C=N–C) groups is 1. The normalized spacial score (nSPS) is 14.6. The molecule has 1 saturated carbocycles. The minimum Gasteiger partial charge on any atom is -0.490 e. The largest absolute Gasteiger partial charge is 0.490 e. The van der Waals surface area contributed by atoms with Gasteiger partial charge in [-0.05, 0) is 43.9 Å². The summed E-state index contributed by atoms with van der Waals surface area (Å²) in [6.45, 7) is 1.17. The number of aromatic nitrogens is 3. The molecule has 29 heavy (non-hydrogen) atoms. The van der Waals surface area contributed by atoms with Gasteiger partial charge in [-0.1, -0.05) is 24.3 Å². The molecule has 8 heteroatoms. The third-order valence-electron chi connectivity index (χ3n) is 5.04. The third kappa shape index (κ3) is 5.37. The van der Waals surface area contributed by atoms with Crippen molar-refractivity contribution in [1.82, 2.24) is 25.2 Å². The summed E-state index contributed by atoms with van der Waals surface area (Å²) in [6.07, 6.45) is 7.13. The Morgan fingerprint density at radius 3 is 2.66 bits per heavy atom. The molecule has 154 valence electrons. The molecule has 0 saturated heterocycles. The minimum absolute atomic E-state index is 0. The van der Waals surface area contributed by atoms with Gasteiger partial charge in [0.2, 0.25) is 0 Å². The van der Waals surface area contributed by atoms with Crippen molar-refractivity contribution in [1.29, 1.82) is 0 Å². The van der Waals surface area contributed by atoms with Crippen molar-refractivity contribution in [2.24, 2.45) is 4.99 Å². The maximum Gasteiger partial charge on any atom is 0.191 e. The maximum absolute atomic E-state index is 6.22. The van der Waals surface area contributed by atoms with Crippen LogP contribution in [0, 0.1) is 0 Å². The summed E-state index contributed by atoms with van der Waals surface area (Å²) in [5, 5.41) is 15.1. The molecule has 3 aromatic rings. The number of benzene rings is 1. The van der Waals surface area contributed by atoms with Gasteiger partial charge in [0, 0.05) is 25.4 Å².